The van der Waals surface area contributed by atoms with Crippen LogP contribution in [-0.2, 0) is 19.1 Å². The molecule has 0 aromatic rings. The van der Waals surface area contributed by atoms with Crippen molar-refractivity contribution in [2.75, 3.05) is 20.2 Å². The van der Waals surface area contributed by atoms with Crippen LogP contribution in [0.3, 0.4) is 0 Å². The maximum Gasteiger partial charge on any atom is 0.325 e. The molecule has 1 saturated carbocycles. The summed E-state index contributed by atoms with van der Waals surface area (Å²) in [5.74, 6) is -2.53. The van der Waals surface area contributed by atoms with Crippen molar-refractivity contribution in [3.63, 3.8) is 0 Å². The van der Waals surface area contributed by atoms with E-state index in [0.29, 0.717) is 25.8 Å². The largest absolute Gasteiger partial charge is 0.481 e. The molecule has 0 bridgehead atoms. The summed E-state index contributed by atoms with van der Waals surface area (Å²) < 4.78 is 4.61. The third kappa shape index (κ3) is 4.44. The molecule has 0 aliphatic heterocycles. The highest BCUT2D eigenvalue weighted by molar-refractivity contribution is 5.87. The van der Waals surface area contributed by atoms with E-state index in [1.165, 1.54) is 12.0 Å². The van der Waals surface area contributed by atoms with Gasteiger partial charge in [0.1, 0.15) is 6.54 Å². The van der Waals surface area contributed by atoms with E-state index in [1.54, 1.807) is 0 Å². The fraction of sp³-hybridized carbons (Fsp3) is 0.800. The van der Waals surface area contributed by atoms with Crippen molar-refractivity contribution in [1.29, 1.82) is 0 Å². The minimum absolute atomic E-state index is 0.108. The van der Waals surface area contributed by atoms with E-state index in [2.05, 4.69) is 4.74 Å². The summed E-state index contributed by atoms with van der Waals surface area (Å²) in [7, 11) is 1.28. The summed E-state index contributed by atoms with van der Waals surface area (Å²) in [5.41, 5.74) is 0. The quantitative estimate of drug-likeness (QED) is 0.721. The minimum Gasteiger partial charge on any atom is -0.481 e. The molecule has 3 unspecified atom stereocenters. The third-order valence-corrected chi connectivity index (χ3v) is 4.22. The number of nitrogens with zero attached hydrogens (tertiary/aromatic N) is 1. The van der Waals surface area contributed by atoms with E-state index in [-0.39, 0.29) is 18.4 Å². The number of esters is 1. The second-order valence-electron chi connectivity index (χ2n) is 5.63. The van der Waals surface area contributed by atoms with Crippen LogP contribution < -0.4 is 0 Å². The fourth-order valence-corrected chi connectivity index (χ4v) is 3.01. The van der Waals surface area contributed by atoms with Crippen LogP contribution in [0.2, 0.25) is 0 Å². The first-order chi connectivity index (χ1) is 9.94. The van der Waals surface area contributed by atoms with Gasteiger partial charge in [-0.25, -0.2) is 0 Å². The molecule has 3 atom stereocenters. The molecule has 1 aliphatic carbocycles. The second-order valence-corrected chi connectivity index (χ2v) is 5.63. The standard InChI is InChI=1S/C15H25NO5/c1-4-6-16(9-13(17)21-3)14(18)11-7-10(5-2)8-12(11)15(19)20/h10-12H,4-9H2,1-3H3,(H,19,20). The van der Waals surface area contributed by atoms with E-state index >= 15 is 0 Å². The lowest BCUT2D eigenvalue weighted by atomic mass is 9.94. The van der Waals surface area contributed by atoms with Gasteiger partial charge in [-0.15, -0.1) is 0 Å². The zero-order chi connectivity index (χ0) is 16.0. The van der Waals surface area contributed by atoms with Crippen LogP contribution in [0.25, 0.3) is 0 Å². The molecule has 1 fully saturated rings. The Hall–Kier alpha value is -1.59. The number of methoxy groups -OCH3 is 1. The van der Waals surface area contributed by atoms with Crippen molar-refractivity contribution in [3.8, 4) is 0 Å². The zero-order valence-corrected chi connectivity index (χ0v) is 13.0. The van der Waals surface area contributed by atoms with Gasteiger partial charge in [-0.3, -0.25) is 14.4 Å². The van der Waals surface area contributed by atoms with Gasteiger partial charge < -0.3 is 14.7 Å². The first-order valence-corrected chi connectivity index (χ1v) is 7.52. The van der Waals surface area contributed by atoms with E-state index in [4.69, 9.17) is 0 Å². The number of carboxylic acids is 1. The fourth-order valence-electron chi connectivity index (χ4n) is 3.01. The summed E-state index contributed by atoms with van der Waals surface area (Å²) in [6, 6.07) is 0. The summed E-state index contributed by atoms with van der Waals surface area (Å²) in [6.45, 7) is 4.25. The van der Waals surface area contributed by atoms with Gasteiger partial charge in [-0.05, 0) is 25.2 Å². The van der Waals surface area contributed by atoms with E-state index in [0.717, 1.165) is 6.42 Å². The van der Waals surface area contributed by atoms with Gasteiger partial charge in [0.2, 0.25) is 5.91 Å². The van der Waals surface area contributed by atoms with Crippen LogP contribution in [0.1, 0.15) is 39.5 Å². The third-order valence-electron chi connectivity index (χ3n) is 4.22. The molecule has 6 nitrogen and oxygen atoms in total. The Labute approximate surface area is 125 Å². The Balaban J connectivity index is 2.85. The number of carbonyl (C=O) groups is 3. The molecule has 0 aromatic heterocycles. The van der Waals surface area contributed by atoms with Crippen molar-refractivity contribution in [2.24, 2.45) is 17.8 Å². The zero-order valence-electron chi connectivity index (χ0n) is 13.0. The Morgan fingerprint density at radius 1 is 1.19 bits per heavy atom. The van der Waals surface area contributed by atoms with Crippen molar-refractivity contribution in [1.82, 2.24) is 4.90 Å². The second kappa shape index (κ2) is 8.00. The number of carboxylic acid groups (broad SMARTS) is 1. The molecule has 0 heterocycles. The van der Waals surface area contributed by atoms with Gasteiger partial charge in [-0.2, -0.15) is 0 Å². The summed E-state index contributed by atoms with van der Waals surface area (Å²) in [4.78, 5) is 36.8. The molecule has 0 saturated heterocycles. The van der Waals surface area contributed by atoms with Gasteiger partial charge >= 0.3 is 11.9 Å². The molecule has 6 heteroatoms. The summed E-state index contributed by atoms with van der Waals surface area (Å²) in [5, 5.41) is 9.32. The molecule has 0 spiro atoms. The van der Waals surface area contributed by atoms with Crippen LogP contribution in [0.15, 0.2) is 0 Å². The molecule has 1 aliphatic rings. The SMILES string of the molecule is CCCN(CC(=O)OC)C(=O)C1CC(CC)CC1C(=O)O. The predicted molar refractivity (Wildman–Crippen MR) is 76.5 cm³/mol. The van der Waals surface area contributed by atoms with Gasteiger partial charge in [0.15, 0.2) is 0 Å². The highest BCUT2D eigenvalue weighted by Crippen LogP contribution is 2.39. The molecule has 120 valence electrons. The highest BCUT2D eigenvalue weighted by atomic mass is 16.5. The molecule has 21 heavy (non-hydrogen) atoms. The first kappa shape index (κ1) is 17.5. The molecular weight excluding hydrogens is 274 g/mol. The lowest BCUT2D eigenvalue weighted by Gasteiger charge is -2.26. The van der Waals surface area contributed by atoms with E-state index < -0.39 is 23.8 Å². The van der Waals surface area contributed by atoms with Crippen LogP contribution in [0.4, 0.5) is 0 Å². The Morgan fingerprint density at radius 2 is 1.81 bits per heavy atom. The van der Waals surface area contributed by atoms with E-state index in [1.807, 2.05) is 13.8 Å². The predicted octanol–water partition coefficient (Wildman–Crippen LogP) is 1.53. The number of amides is 1. The number of hydrogen-bond donors (Lipinski definition) is 1. The Kier molecular flexibility index (Phi) is 6.65. The number of ether oxygens (including phenoxy) is 1. The number of hydrogen-bond acceptors (Lipinski definition) is 4. The smallest absolute Gasteiger partial charge is 0.325 e. The monoisotopic (exact) mass is 299 g/mol. The number of rotatable bonds is 7. The maximum absolute atomic E-state index is 12.6. The maximum atomic E-state index is 12.6. The lowest BCUT2D eigenvalue weighted by Crippen LogP contribution is -2.42. The summed E-state index contributed by atoms with van der Waals surface area (Å²) in [6.07, 6.45) is 2.72. The topological polar surface area (TPSA) is 83.9 Å². The van der Waals surface area contributed by atoms with Gasteiger partial charge in [0, 0.05) is 6.54 Å². The van der Waals surface area contributed by atoms with Crippen molar-refractivity contribution < 1.29 is 24.2 Å². The van der Waals surface area contributed by atoms with Crippen LogP contribution >= 0.6 is 0 Å². The van der Waals surface area contributed by atoms with Crippen LogP contribution in [0, 0.1) is 17.8 Å². The van der Waals surface area contributed by atoms with Crippen LogP contribution in [0.5, 0.6) is 0 Å². The van der Waals surface area contributed by atoms with Gasteiger partial charge in [0.05, 0.1) is 18.9 Å². The average molecular weight is 299 g/mol. The normalized spacial score (nSPS) is 24.6. The molecule has 0 aromatic carbocycles. The van der Waals surface area contributed by atoms with Crippen LogP contribution in [-0.4, -0.2) is 48.1 Å². The van der Waals surface area contributed by atoms with E-state index in [9.17, 15) is 19.5 Å². The van der Waals surface area contributed by atoms with Crippen molar-refractivity contribution in [3.05, 3.63) is 0 Å². The number of carbonyl (C=O) groups excluding carboxylic acids is 2. The van der Waals surface area contributed by atoms with Gasteiger partial charge in [0.25, 0.3) is 0 Å². The lowest BCUT2D eigenvalue weighted by molar-refractivity contribution is -0.152. The molecule has 0 radical (unpaired) electrons. The molecular formula is C15H25NO5. The Morgan fingerprint density at radius 3 is 2.29 bits per heavy atom. The Bertz CT molecular complexity index is 396. The van der Waals surface area contributed by atoms with Gasteiger partial charge in [-0.1, -0.05) is 20.3 Å². The average Bonchev–Trinajstić information content (AvgIpc) is 2.90. The molecule has 1 rings (SSSR count). The summed E-state index contributed by atoms with van der Waals surface area (Å²) >= 11 is 0. The molecule has 1 N–H and O–H groups in total. The first-order valence-electron chi connectivity index (χ1n) is 7.52. The highest BCUT2D eigenvalue weighted by Gasteiger charge is 2.43. The number of aliphatic carboxylic acids is 1. The van der Waals surface area contributed by atoms with Crippen molar-refractivity contribution in [2.45, 2.75) is 39.5 Å². The molecule has 1 amide bonds. The minimum atomic E-state index is -0.918. The van der Waals surface area contributed by atoms with Crippen molar-refractivity contribution >= 4 is 17.8 Å².